The fraction of sp³-hybridized carbons (Fsp3) is 0.529. The second-order valence-electron chi connectivity index (χ2n) is 6.02. The van der Waals surface area contributed by atoms with Crippen LogP contribution in [0.25, 0.3) is 0 Å². The minimum atomic E-state index is -0.785. The smallest absolute Gasteiger partial charge is 0.290 e. The van der Waals surface area contributed by atoms with Crippen molar-refractivity contribution in [3.05, 3.63) is 23.8 Å². The lowest BCUT2D eigenvalue weighted by atomic mass is 9.97. The predicted molar refractivity (Wildman–Crippen MR) is 86.6 cm³/mol. The van der Waals surface area contributed by atoms with Gasteiger partial charge in [0.25, 0.3) is 12.4 Å². The molecule has 22 heavy (non-hydrogen) atoms. The normalized spacial score (nSPS) is 15.5. The van der Waals surface area contributed by atoms with Gasteiger partial charge in [0, 0.05) is 6.54 Å². The highest BCUT2D eigenvalue weighted by Gasteiger charge is 2.41. The zero-order valence-electron chi connectivity index (χ0n) is 13.9. The number of amides is 1. The van der Waals surface area contributed by atoms with Gasteiger partial charge in [-0.05, 0) is 37.8 Å². The van der Waals surface area contributed by atoms with Crippen molar-refractivity contribution in [2.45, 2.75) is 52.6 Å². The Morgan fingerprint density at radius 1 is 1.36 bits per heavy atom. The van der Waals surface area contributed by atoms with E-state index in [9.17, 15) is 4.79 Å². The highest BCUT2D eigenvalue weighted by Crippen LogP contribution is 2.42. The highest BCUT2D eigenvalue weighted by molar-refractivity contribution is 6.02. The number of rotatable bonds is 3. The lowest BCUT2D eigenvalue weighted by Crippen LogP contribution is -2.53. The molecule has 1 aromatic rings. The van der Waals surface area contributed by atoms with Crippen LogP contribution in [0.2, 0.25) is 0 Å². The van der Waals surface area contributed by atoms with Crippen LogP contribution in [0.15, 0.2) is 18.2 Å². The Bertz CT molecular complexity index is 537. The summed E-state index contributed by atoms with van der Waals surface area (Å²) >= 11 is 0. The summed E-state index contributed by atoms with van der Waals surface area (Å²) in [5.74, 6) is 1.29. The lowest BCUT2D eigenvalue weighted by molar-refractivity contribution is -0.132. The van der Waals surface area contributed by atoms with Crippen molar-refractivity contribution in [2.75, 3.05) is 11.4 Å². The molecule has 1 heterocycles. The van der Waals surface area contributed by atoms with Crippen molar-refractivity contribution in [1.82, 2.24) is 0 Å². The van der Waals surface area contributed by atoms with Crippen LogP contribution in [0.5, 0.6) is 5.75 Å². The third-order valence-corrected chi connectivity index (χ3v) is 3.50. The second-order valence-corrected chi connectivity index (χ2v) is 6.02. The van der Waals surface area contributed by atoms with Gasteiger partial charge in [0.05, 0.1) is 5.69 Å². The van der Waals surface area contributed by atoms with Crippen molar-refractivity contribution >= 4 is 18.1 Å². The Balaban J connectivity index is 0.000000745. The molecule has 0 saturated heterocycles. The zero-order valence-corrected chi connectivity index (χ0v) is 13.9. The van der Waals surface area contributed by atoms with E-state index in [4.69, 9.17) is 14.6 Å². The quantitative estimate of drug-likeness (QED) is 0.869. The fourth-order valence-electron chi connectivity index (χ4n) is 2.50. The van der Waals surface area contributed by atoms with Gasteiger partial charge in [-0.1, -0.05) is 32.9 Å². The molecule has 0 aromatic heterocycles. The number of ether oxygens (including phenoxy) is 1. The van der Waals surface area contributed by atoms with E-state index < -0.39 is 5.60 Å². The van der Waals surface area contributed by atoms with E-state index in [-0.39, 0.29) is 12.4 Å². The standard InChI is InChI=1S/C16H23NO2.CH2O2/c1-6-10-17-13-9-7-8-12(11(2)3)14(13)19-16(4,5)15(17)18;2-1-3/h7-9,11H,6,10H2,1-5H3;1H,(H,2,3). The molecule has 0 atom stereocenters. The first kappa shape index (κ1) is 18.0. The first-order chi connectivity index (χ1) is 10.3. The summed E-state index contributed by atoms with van der Waals surface area (Å²) in [7, 11) is 0. The molecular formula is C17H25NO4. The molecule has 1 aliphatic heterocycles. The first-order valence-electron chi connectivity index (χ1n) is 7.51. The number of hydrogen-bond donors (Lipinski definition) is 1. The van der Waals surface area contributed by atoms with Gasteiger partial charge in [-0.25, -0.2) is 0 Å². The van der Waals surface area contributed by atoms with E-state index in [0.717, 1.165) is 24.4 Å². The van der Waals surface area contributed by atoms with Crippen LogP contribution in [-0.4, -0.2) is 29.6 Å². The Kier molecular flexibility index (Phi) is 5.97. The molecule has 2 rings (SSSR count). The van der Waals surface area contributed by atoms with Crippen LogP contribution in [0.1, 0.15) is 52.5 Å². The van der Waals surface area contributed by atoms with Crippen LogP contribution >= 0.6 is 0 Å². The van der Waals surface area contributed by atoms with Crippen molar-refractivity contribution < 1.29 is 19.4 Å². The van der Waals surface area contributed by atoms with Crippen LogP contribution in [-0.2, 0) is 9.59 Å². The summed E-state index contributed by atoms with van der Waals surface area (Å²) in [6.07, 6.45) is 0.938. The van der Waals surface area contributed by atoms with Gasteiger partial charge in [-0.2, -0.15) is 0 Å². The van der Waals surface area contributed by atoms with E-state index in [1.54, 1.807) is 0 Å². The number of carboxylic acid groups (broad SMARTS) is 1. The van der Waals surface area contributed by atoms with Crippen LogP contribution in [0.3, 0.4) is 0 Å². The van der Waals surface area contributed by atoms with Crippen molar-refractivity contribution in [1.29, 1.82) is 0 Å². The first-order valence-corrected chi connectivity index (χ1v) is 7.51. The lowest BCUT2D eigenvalue weighted by Gasteiger charge is -2.40. The molecule has 5 heteroatoms. The fourth-order valence-corrected chi connectivity index (χ4v) is 2.50. The minimum Gasteiger partial charge on any atom is -0.483 e. The summed E-state index contributed by atoms with van der Waals surface area (Å²) in [4.78, 5) is 22.7. The molecular weight excluding hydrogens is 282 g/mol. The third-order valence-electron chi connectivity index (χ3n) is 3.50. The van der Waals surface area contributed by atoms with Gasteiger partial charge >= 0.3 is 0 Å². The molecule has 0 bridgehead atoms. The number of fused-ring (bicyclic) bond motifs is 1. The third kappa shape index (κ3) is 3.59. The van der Waals surface area contributed by atoms with Crippen molar-refractivity contribution in [3.63, 3.8) is 0 Å². The summed E-state index contributed by atoms with van der Waals surface area (Å²) in [5, 5.41) is 6.89. The largest absolute Gasteiger partial charge is 0.483 e. The molecule has 122 valence electrons. The van der Waals surface area contributed by atoms with Gasteiger partial charge in [-0.15, -0.1) is 0 Å². The van der Waals surface area contributed by atoms with E-state index in [1.165, 1.54) is 5.56 Å². The number of carbonyl (C=O) groups is 2. The number of nitrogens with zero attached hydrogens (tertiary/aromatic N) is 1. The Morgan fingerprint density at radius 2 is 1.95 bits per heavy atom. The van der Waals surface area contributed by atoms with Gasteiger partial charge in [0.15, 0.2) is 5.60 Å². The predicted octanol–water partition coefficient (Wildman–Crippen LogP) is 3.42. The number of hydrogen-bond acceptors (Lipinski definition) is 3. The van der Waals surface area contributed by atoms with E-state index in [1.807, 2.05) is 30.9 Å². The van der Waals surface area contributed by atoms with Gasteiger partial charge in [-0.3, -0.25) is 9.59 Å². The monoisotopic (exact) mass is 307 g/mol. The van der Waals surface area contributed by atoms with Crippen LogP contribution in [0, 0.1) is 0 Å². The molecule has 1 amide bonds. The van der Waals surface area contributed by atoms with E-state index in [0.29, 0.717) is 5.92 Å². The summed E-state index contributed by atoms with van der Waals surface area (Å²) in [6, 6.07) is 6.06. The molecule has 1 N–H and O–H groups in total. The molecule has 0 fully saturated rings. The number of anilines is 1. The maximum atomic E-state index is 12.5. The number of para-hydroxylation sites is 1. The highest BCUT2D eigenvalue weighted by atomic mass is 16.5. The van der Waals surface area contributed by atoms with Crippen LogP contribution < -0.4 is 9.64 Å². The average molecular weight is 307 g/mol. The van der Waals surface area contributed by atoms with Crippen molar-refractivity contribution in [2.24, 2.45) is 0 Å². The Labute approximate surface area is 131 Å². The molecule has 1 aromatic carbocycles. The Morgan fingerprint density at radius 3 is 2.45 bits per heavy atom. The van der Waals surface area contributed by atoms with Crippen molar-refractivity contribution in [3.8, 4) is 5.75 Å². The zero-order chi connectivity index (χ0) is 16.9. The van der Waals surface area contributed by atoms with Gasteiger partial charge < -0.3 is 14.7 Å². The molecule has 0 aliphatic carbocycles. The SMILES string of the molecule is CCCN1C(=O)C(C)(C)Oc2c(C(C)C)cccc21.O=CO. The van der Waals surface area contributed by atoms with E-state index in [2.05, 4.69) is 26.8 Å². The second kappa shape index (κ2) is 7.29. The molecule has 1 aliphatic rings. The van der Waals surface area contributed by atoms with Crippen LogP contribution in [0.4, 0.5) is 5.69 Å². The van der Waals surface area contributed by atoms with Gasteiger partial charge in [0.1, 0.15) is 5.75 Å². The topological polar surface area (TPSA) is 66.8 Å². The minimum absolute atomic E-state index is 0.0442. The summed E-state index contributed by atoms with van der Waals surface area (Å²) in [6.45, 7) is 10.6. The molecule has 0 saturated carbocycles. The van der Waals surface area contributed by atoms with E-state index >= 15 is 0 Å². The summed E-state index contributed by atoms with van der Waals surface area (Å²) in [5.41, 5.74) is 1.30. The maximum absolute atomic E-state index is 12.5. The molecule has 5 nitrogen and oxygen atoms in total. The van der Waals surface area contributed by atoms with Gasteiger partial charge in [0.2, 0.25) is 0 Å². The number of benzene rings is 1. The molecule has 0 radical (unpaired) electrons. The summed E-state index contributed by atoms with van der Waals surface area (Å²) < 4.78 is 6.01. The maximum Gasteiger partial charge on any atom is 0.290 e. The average Bonchev–Trinajstić information content (AvgIpc) is 2.43. The molecule has 0 spiro atoms. The Hall–Kier alpha value is -2.04. The molecule has 0 unspecified atom stereocenters. The number of carbonyl (C=O) groups excluding carboxylic acids is 1.